The van der Waals surface area contributed by atoms with Crippen molar-refractivity contribution in [3.8, 4) is 0 Å². The number of hydrogen-bond acceptors (Lipinski definition) is 8. The summed E-state index contributed by atoms with van der Waals surface area (Å²) in [6, 6.07) is 0. The lowest BCUT2D eigenvalue weighted by Gasteiger charge is -2.26. The molecule has 0 radical (unpaired) electrons. The molecule has 1 saturated heterocycles. The Balaban J connectivity index is 1.66. The number of anilines is 1. The molecular weight excluding hydrogens is 352 g/mol. The number of carbonyl (C=O) groups is 1. The molecule has 1 aliphatic heterocycles. The SMILES string of the molecule is Cc1c(C(=O)OC(C)C)sc2ncnc(NCCCN3CCOCC3)c12. The zero-order valence-corrected chi connectivity index (χ0v) is 16.4. The lowest BCUT2D eigenvalue weighted by molar-refractivity contribution is 0.0377. The number of carbonyl (C=O) groups excluding carboxylic acids is 1. The number of fused-ring (bicyclic) bond motifs is 1. The molecule has 0 saturated carbocycles. The van der Waals surface area contributed by atoms with Gasteiger partial charge in [-0.05, 0) is 39.3 Å². The maximum absolute atomic E-state index is 12.3. The third-order valence-corrected chi connectivity index (χ3v) is 5.48. The maximum Gasteiger partial charge on any atom is 0.348 e. The lowest BCUT2D eigenvalue weighted by Crippen LogP contribution is -2.37. The van der Waals surface area contributed by atoms with E-state index < -0.39 is 0 Å². The van der Waals surface area contributed by atoms with Crippen LogP contribution in [-0.2, 0) is 9.47 Å². The Morgan fingerprint density at radius 2 is 2.15 bits per heavy atom. The van der Waals surface area contributed by atoms with E-state index in [-0.39, 0.29) is 12.1 Å². The molecule has 0 spiro atoms. The van der Waals surface area contributed by atoms with Gasteiger partial charge in [-0.3, -0.25) is 4.90 Å². The molecule has 3 rings (SSSR count). The van der Waals surface area contributed by atoms with Crippen molar-refractivity contribution < 1.29 is 14.3 Å². The summed E-state index contributed by atoms with van der Waals surface area (Å²) in [5.74, 6) is 0.494. The zero-order valence-electron chi connectivity index (χ0n) is 15.6. The summed E-state index contributed by atoms with van der Waals surface area (Å²) >= 11 is 1.36. The van der Waals surface area contributed by atoms with Crippen LogP contribution in [0.1, 0.15) is 35.5 Å². The van der Waals surface area contributed by atoms with Crippen molar-refractivity contribution in [3.05, 3.63) is 16.8 Å². The molecule has 0 aromatic carbocycles. The third-order valence-electron chi connectivity index (χ3n) is 4.30. The highest BCUT2D eigenvalue weighted by Gasteiger charge is 2.21. The quantitative estimate of drug-likeness (QED) is 0.586. The summed E-state index contributed by atoms with van der Waals surface area (Å²) in [6.07, 6.45) is 2.42. The van der Waals surface area contributed by atoms with Crippen LogP contribution in [0.2, 0.25) is 0 Å². The van der Waals surface area contributed by atoms with Gasteiger partial charge in [0.25, 0.3) is 0 Å². The van der Waals surface area contributed by atoms with E-state index in [1.54, 1.807) is 6.33 Å². The minimum atomic E-state index is -0.293. The van der Waals surface area contributed by atoms with Gasteiger partial charge in [0.05, 0.1) is 24.7 Å². The Kier molecular flexibility index (Phi) is 6.39. The molecule has 7 nitrogen and oxygen atoms in total. The second-order valence-electron chi connectivity index (χ2n) is 6.65. The van der Waals surface area contributed by atoms with Crippen molar-refractivity contribution in [3.63, 3.8) is 0 Å². The third kappa shape index (κ3) is 4.49. The smallest absolute Gasteiger partial charge is 0.348 e. The van der Waals surface area contributed by atoms with E-state index in [4.69, 9.17) is 9.47 Å². The number of nitrogens with zero attached hydrogens (tertiary/aromatic N) is 3. The van der Waals surface area contributed by atoms with Crippen LogP contribution in [-0.4, -0.2) is 66.3 Å². The van der Waals surface area contributed by atoms with Crippen LogP contribution in [0.5, 0.6) is 0 Å². The van der Waals surface area contributed by atoms with Gasteiger partial charge in [-0.1, -0.05) is 0 Å². The van der Waals surface area contributed by atoms with Gasteiger partial charge in [0.2, 0.25) is 0 Å². The Morgan fingerprint density at radius 1 is 1.38 bits per heavy atom. The molecule has 8 heteroatoms. The molecule has 0 bridgehead atoms. The van der Waals surface area contributed by atoms with Gasteiger partial charge in [0, 0.05) is 19.6 Å². The highest BCUT2D eigenvalue weighted by molar-refractivity contribution is 7.20. The molecular formula is C18H26N4O3S. The topological polar surface area (TPSA) is 76.6 Å². The number of morpholine rings is 1. The fourth-order valence-electron chi connectivity index (χ4n) is 3.00. The summed E-state index contributed by atoms with van der Waals surface area (Å²) < 4.78 is 10.7. The van der Waals surface area contributed by atoms with E-state index in [1.807, 2.05) is 20.8 Å². The van der Waals surface area contributed by atoms with Crippen LogP contribution in [0.25, 0.3) is 10.2 Å². The van der Waals surface area contributed by atoms with Crippen LogP contribution in [0.3, 0.4) is 0 Å². The van der Waals surface area contributed by atoms with E-state index in [1.165, 1.54) is 11.3 Å². The number of nitrogens with one attached hydrogen (secondary N) is 1. The molecule has 142 valence electrons. The molecule has 2 aromatic rings. The Hall–Kier alpha value is -1.77. The number of ether oxygens (including phenoxy) is 2. The summed E-state index contributed by atoms with van der Waals surface area (Å²) in [6.45, 7) is 11.1. The Morgan fingerprint density at radius 3 is 2.88 bits per heavy atom. The number of thiophene rings is 1. The predicted molar refractivity (Wildman–Crippen MR) is 103 cm³/mol. The zero-order chi connectivity index (χ0) is 18.5. The van der Waals surface area contributed by atoms with Gasteiger partial charge in [0.15, 0.2) is 0 Å². The van der Waals surface area contributed by atoms with Crippen LogP contribution in [0, 0.1) is 6.92 Å². The van der Waals surface area contributed by atoms with Crippen molar-refractivity contribution in [2.24, 2.45) is 0 Å². The van der Waals surface area contributed by atoms with Crippen molar-refractivity contribution in [1.29, 1.82) is 0 Å². The summed E-state index contributed by atoms with van der Waals surface area (Å²) in [4.78, 5) is 24.8. The molecule has 1 aliphatic rings. The van der Waals surface area contributed by atoms with Crippen molar-refractivity contribution in [1.82, 2.24) is 14.9 Å². The molecule has 3 heterocycles. The molecule has 0 aliphatic carbocycles. The molecule has 26 heavy (non-hydrogen) atoms. The van der Waals surface area contributed by atoms with Crippen molar-refractivity contribution in [2.45, 2.75) is 33.3 Å². The normalized spacial score (nSPS) is 15.5. The number of aryl methyl sites for hydroxylation is 1. The van der Waals surface area contributed by atoms with E-state index in [9.17, 15) is 4.79 Å². The van der Waals surface area contributed by atoms with Gasteiger partial charge in [-0.25, -0.2) is 14.8 Å². The minimum Gasteiger partial charge on any atom is -0.459 e. The first-order valence-electron chi connectivity index (χ1n) is 9.05. The molecule has 0 amide bonds. The van der Waals surface area contributed by atoms with Crippen LogP contribution < -0.4 is 5.32 Å². The van der Waals surface area contributed by atoms with E-state index in [0.717, 1.165) is 67.4 Å². The van der Waals surface area contributed by atoms with Gasteiger partial charge >= 0.3 is 5.97 Å². The van der Waals surface area contributed by atoms with Gasteiger partial charge in [0.1, 0.15) is 21.9 Å². The van der Waals surface area contributed by atoms with Crippen molar-refractivity contribution in [2.75, 3.05) is 44.7 Å². The molecule has 1 fully saturated rings. The average Bonchev–Trinajstić information content (AvgIpc) is 2.97. The van der Waals surface area contributed by atoms with Crippen molar-refractivity contribution >= 4 is 33.3 Å². The Bertz CT molecular complexity index is 756. The molecule has 1 N–H and O–H groups in total. The largest absolute Gasteiger partial charge is 0.459 e. The minimum absolute atomic E-state index is 0.143. The monoisotopic (exact) mass is 378 g/mol. The van der Waals surface area contributed by atoms with E-state index in [2.05, 4.69) is 20.2 Å². The molecule has 0 unspecified atom stereocenters. The summed E-state index contributed by atoms with van der Waals surface area (Å²) in [5.41, 5.74) is 0.881. The number of aromatic nitrogens is 2. The summed E-state index contributed by atoms with van der Waals surface area (Å²) in [5, 5.41) is 4.32. The van der Waals surface area contributed by atoms with Crippen LogP contribution >= 0.6 is 11.3 Å². The highest BCUT2D eigenvalue weighted by Crippen LogP contribution is 2.33. The second kappa shape index (κ2) is 8.75. The Labute approximate surface area is 157 Å². The summed E-state index contributed by atoms with van der Waals surface area (Å²) in [7, 11) is 0. The highest BCUT2D eigenvalue weighted by atomic mass is 32.1. The molecule has 2 aromatic heterocycles. The fourth-order valence-corrected chi connectivity index (χ4v) is 4.03. The number of rotatable bonds is 7. The van der Waals surface area contributed by atoms with Gasteiger partial charge < -0.3 is 14.8 Å². The van der Waals surface area contributed by atoms with Crippen LogP contribution in [0.15, 0.2) is 6.33 Å². The van der Waals surface area contributed by atoms with Crippen LogP contribution in [0.4, 0.5) is 5.82 Å². The maximum atomic E-state index is 12.3. The fraction of sp³-hybridized carbons (Fsp3) is 0.611. The van der Waals surface area contributed by atoms with E-state index in [0.29, 0.717) is 4.88 Å². The standard InChI is InChI=1S/C18H26N4O3S/c1-12(2)25-18(23)15-13(3)14-16(20-11-21-17(14)26-15)19-5-4-6-22-7-9-24-10-8-22/h11-12H,4-10H2,1-3H3,(H,19,20,21). The van der Waals surface area contributed by atoms with E-state index >= 15 is 0 Å². The average molecular weight is 378 g/mol. The van der Waals surface area contributed by atoms with Gasteiger partial charge in [-0.15, -0.1) is 11.3 Å². The predicted octanol–water partition coefficient (Wildman–Crippen LogP) is 2.70. The first-order valence-corrected chi connectivity index (χ1v) is 9.87. The first kappa shape index (κ1) is 19.0. The number of hydrogen-bond donors (Lipinski definition) is 1. The first-order chi connectivity index (χ1) is 12.6. The molecule has 0 atom stereocenters. The number of esters is 1. The lowest BCUT2D eigenvalue weighted by atomic mass is 10.2. The van der Waals surface area contributed by atoms with Gasteiger partial charge in [-0.2, -0.15) is 0 Å². The second-order valence-corrected chi connectivity index (χ2v) is 7.65.